The number of aliphatic hydroxyl groups is 1. The molecule has 0 aliphatic rings. The van der Waals surface area contributed by atoms with Crippen molar-refractivity contribution in [3.05, 3.63) is 12.2 Å². The van der Waals surface area contributed by atoms with Crippen molar-refractivity contribution in [1.29, 1.82) is 0 Å². The van der Waals surface area contributed by atoms with Crippen LogP contribution in [0.5, 0.6) is 0 Å². The minimum atomic E-state index is -0.525. The first-order valence-corrected chi connectivity index (χ1v) is 12.8. The Morgan fingerprint density at radius 1 is 0.767 bits per heavy atom. The van der Waals surface area contributed by atoms with E-state index in [-0.39, 0.29) is 19.2 Å². The van der Waals surface area contributed by atoms with Gasteiger partial charge in [0.15, 0.2) is 0 Å². The Balaban J connectivity index is 3.29. The predicted molar refractivity (Wildman–Crippen MR) is 127 cm³/mol. The Morgan fingerprint density at radius 3 is 1.83 bits per heavy atom. The lowest BCUT2D eigenvalue weighted by atomic mass is 10.1. The molecule has 4 nitrogen and oxygen atoms in total. The number of hydrogen-bond donors (Lipinski definition) is 1. The third-order valence-corrected chi connectivity index (χ3v) is 5.31. The normalized spacial score (nSPS) is 12.5. The lowest BCUT2D eigenvalue weighted by Gasteiger charge is -2.15. The maximum atomic E-state index is 11.4. The van der Waals surface area contributed by atoms with E-state index >= 15 is 0 Å². The molecule has 1 atom stereocenters. The van der Waals surface area contributed by atoms with Gasteiger partial charge < -0.3 is 14.6 Å². The highest BCUT2D eigenvalue weighted by Gasteiger charge is 2.12. The summed E-state index contributed by atoms with van der Waals surface area (Å²) >= 11 is 0. The average molecular weight is 427 g/mol. The molecule has 30 heavy (non-hydrogen) atoms. The van der Waals surface area contributed by atoms with Crippen molar-refractivity contribution in [3.63, 3.8) is 0 Å². The van der Waals surface area contributed by atoms with Gasteiger partial charge in [-0.15, -0.1) is 0 Å². The molecule has 0 saturated carbocycles. The van der Waals surface area contributed by atoms with E-state index in [0.717, 1.165) is 12.8 Å². The summed E-state index contributed by atoms with van der Waals surface area (Å²) in [5, 5.41) is 9.23. The van der Waals surface area contributed by atoms with Crippen molar-refractivity contribution in [2.75, 3.05) is 19.8 Å². The zero-order valence-electron chi connectivity index (χ0n) is 20.0. The molecule has 0 fully saturated rings. The van der Waals surface area contributed by atoms with E-state index in [0.29, 0.717) is 13.0 Å². The van der Waals surface area contributed by atoms with Crippen LogP contribution in [0.2, 0.25) is 0 Å². The second-order valence-corrected chi connectivity index (χ2v) is 8.41. The summed E-state index contributed by atoms with van der Waals surface area (Å²) in [6.45, 7) is 4.98. The molecule has 1 unspecified atom stereocenters. The molecule has 0 radical (unpaired) electrons. The van der Waals surface area contributed by atoms with Crippen molar-refractivity contribution in [1.82, 2.24) is 0 Å². The van der Waals surface area contributed by atoms with Gasteiger partial charge in [-0.2, -0.15) is 0 Å². The Labute approximate surface area is 186 Å². The highest BCUT2D eigenvalue weighted by atomic mass is 16.6. The van der Waals surface area contributed by atoms with Gasteiger partial charge in [0.2, 0.25) is 0 Å². The van der Waals surface area contributed by atoms with Gasteiger partial charge in [0, 0.05) is 13.0 Å². The maximum absolute atomic E-state index is 11.4. The molecule has 0 amide bonds. The minimum Gasteiger partial charge on any atom is -0.457 e. The Morgan fingerprint density at radius 2 is 1.30 bits per heavy atom. The third-order valence-electron chi connectivity index (χ3n) is 5.31. The zero-order chi connectivity index (χ0) is 22.1. The minimum absolute atomic E-state index is 0.178. The van der Waals surface area contributed by atoms with Crippen LogP contribution in [0.1, 0.15) is 123 Å². The summed E-state index contributed by atoms with van der Waals surface area (Å²) in [5.74, 6) is -0.257. The first-order valence-electron chi connectivity index (χ1n) is 12.8. The molecule has 0 aromatic heterocycles. The van der Waals surface area contributed by atoms with Gasteiger partial charge in [0.05, 0.1) is 13.2 Å². The van der Waals surface area contributed by atoms with Gasteiger partial charge in [-0.05, 0) is 38.5 Å². The van der Waals surface area contributed by atoms with Crippen molar-refractivity contribution < 1.29 is 19.4 Å². The van der Waals surface area contributed by atoms with E-state index in [2.05, 4.69) is 19.1 Å². The Kier molecular flexibility index (Phi) is 23.7. The SMILES string of the molecule is CCCCCCCCC/C=C\CCCCCCCCOCC(CO)OC(=O)CCC. The molecule has 0 spiro atoms. The molecule has 0 bridgehead atoms. The fourth-order valence-electron chi connectivity index (χ4n) is 3.42. The van der Waals surface area contributed by atoms with Crippen LogP contribution in [0.3, 0.4) is 0 Å². The molecule has 4 heteroatoms. The van der Waals surface area contributed by atoms with Crippen LogP contribution >= 0.6 is 0 Å². The number of aliphatic hydroxyl groups excluding tert-OH is 1. The number of carbonyl (C=O) groups is 1. The fraction of sp³-hybridized carbons (Fsp3) is 0.885. The largest absolute Gasteiger partial charge is 0.457 e. The summed E-state index contributed by atoms with van der Waals surface area (Å²) in [5.41, 5.74) is 0. The highest BCUT2D eigenvalue weighted by molar-refractivity contribution is 5.69. The number of unbranched alkanes of at least 4 members (excludes halogenated alkanes) is 13. The fourth-order valence-corrected chi connectivity index (χ4v) is 3.42. The van der Waals surface area contributed by atoms with E-state index in [9.17, 15) is 9.90 Å². The first kappa shape index (κ1) is 29.1. The average Bonchev–Trinajstić information content (AvgIpc) is 2.74. The Bertz CT molecular complexity index is 381. The summed E-state index contributed by atoms with van der Waals surface area (Å²) in [4.78, 5) is 11.4. The van der Waals surface area contributed by atoms with Crippen molar-refractivity contribution in [2.45, 2.75) is 129 Å². The molecule has 178 valence electrons. The van der Waals surface area contributed by atoms with Gasteiger partial charge in [-0.3, -0.25) is 4.79 Å². The number of rotatable bonds is 23. The number of hydrogen-bond acceptors (Lipinski definition) is 4. The maximum Gasteiger partial charge on any atom is 0.306 e. The van der Waals surface area contributed by atoms with Gasteiger partial charge >= 0.3 is 5.97 Å². The number of ether oxygens (including phenoxy) is 2. The number of carbonyl (C=O) groups excluding carboxylic acids is 1. The van der Waals surface area contributed by atoms with E-state index in [1.54, 1.807) is 0 Å². The van der Waals surface area contributed by atoms with Crippen LogP contribution in [0.15, 0.2) is 12.2 Å². The predicted octanol–water partition coefficient (Wildman–Crippen LogP) is 7.13. The topological polar surface area (TPSA) is 55.8 Å². The van der Waals surface area contributed by atoms with Gasteiger partial charge in [-0.25, -0.2) is 0 Å². The number of allylic oxidation sites excluding steroid dienone is 2. The van der Waals surface area contributed by atoms with Crippen LogP contribution in [0, 0.1) is 0 Å². The molecular weight excluding hydrogens is 376 g/mol. The van der Waals surface area contributed by atoms with Gasteiger partial charge in [0.1, 0.15) is 6.10 Å². The molecule has 0 aromatic carbocycles. The molecule has 0 aliphatic carbocycles. The third kappa shape index (κ3) is 21.8. The Hall–Kier alpha value is -0.870. The monoisotopic (exact) mass is 426 g/mol. The molecule has 0 rings (SSSR count). The molecule has 0 saturated heterocycles. The second kappa shape index (κ2) is 24.4. The second-order valence-electron chi connectivity index (χ2n) is 8.41. The molecule has 0 aliphatic heterocycles. The van der Waals surface area contributed by atoms with E-state index in [1.165, 1.54) is 89.9 Å². The van der Waals surface area contributed by atoms with Crippen molar-refractivity contribution >= 4 is 5.97 Å². The summed E-state index contributed by atoms with van der Waals surface area (Å²) in [7, 11) is 0. The quantitative estimate of drug-likeness (QED) is 0.107. The van der Waals surface area contributed by atoms with Gasteiger partial charge in [0.25, 0.3) is 0 Å². The van der Waals surface area contributed by atoms with Gasteiger partial charge in [-0.1, -0.05) is 90.2 Å². The van der Waals surface area contributed by atoms with Crippen LogP contribution in [0.25, 0.3) is 0 Å². The summed E-state index contributed by atoms with van der Waals surface area (Å²) in [6.07, 6.45) is 24.9. The van der Waals surface area contributed by atoms with Crippen molar-refractivity contribution in [2.24, 2.45) is 0 Å². The molecule has 0 aromatic rings. The first-order chi connectivity index (χ1) is 14.7. The smallest absolute Gasteiger partial charge is 0.306 e. The van der Waals surface area contributed by atoms with Crippen LogP contribution < -0.4 is 0 Å². The van der Waals surface area contributed by atoms with E-state index in [1.807, 2.05) is 6.92 Å². The lowest BCUT2D eigenvalue weighted by molar-refractivity contribution is -0.154. The van der Waals surface area contributed by atoms with Crippen LogP contribution in [-0.2, 0) is 14.3 Å². The number of esters is 1. The summed E-state index contributed by atoms with van der Waals surface area (Å²) in [6, 6.07) is 0. The summed E-state index contributed by atoms with van der Waals surface area (Å²) < 4.78 is 10.7. The molecule has 1 N–H and O–H groups in total. The van der Waals surface area contributed by atoms with E-state index in [4.69, 9.17) is 9.47 Å². The van der Waals surface area contributed by atoms with Crippen molar-refractivity contribution in [3.8, 4) is 0 Å². The highest BCUT2D eigenvalue weighted by Crippen LogP contribution is 2.10. The van der Waals surface area contributed by atoms with Crippen LogP contribution in [-0.4, -0.2) is 37.0 Å². The molecule has 0 heterocycles. The van der Waals surface area contributed by atoms with Crippen LogP contribution in [0.4, 0.5) is 0 Å². The molecular formula is C26H50O4. The lowest BCUT2D eigenvalue weighted by Crippen LogP contribution is -2.27. The zero-order valence-corrected chi connectivity index (χ0v) is 20.0. The standard InChI is InChI=1S/C26H50O4/c1-3-5-6-7-8-9-10-11-12-13-14-15-16-17-18-19-20-22-29-24-25(23-27)30-26(28)21-4-2/h12-13,25,27H,3-11,14-24H2,1-2H3/b13-12-. The van der Waals surface area contributed by atoms with E-state index < -0.39 is 6.10 Å².